The largest absolute Gasteiger partial charge is 0.464 e. The number of amides is 3. The van der Waals surface area contributed by atoms with E-state index in [4.69, 9.17) is 4.74 Å². The fraction of sp³-hybridized carbons (Fsp3) is 0.786. The van der Waals surface area contributed by atoms with E-state index in [0.29, 0.717) is 12.5 Å². The van der Waals surface area contributed by atoms with Gasteiger partial charge in [-0.05, 0) is 19.3 Å². The van der Waals surface area contributed by atoms with Crippen molar-refractivity contribution in [2.75, 3.05) is 13.2 Å². The molecule has 6 heteroatoms. The van der Waals surface area contributed by atoms with Gasteiger partial charge in [-0.25, -0.2) is 9.59 Å². The summed E-state index contributed by atoms with van der Waals surface area (Å²) in [5.41, 5.74) is 0. The number of unbranched alkanes of at least 4 members (excludes halogenated alkanes) is 1. The molecule has 0 spiro atoms. The number of ether oxygens (including phenoxy) is 1. The maximum absolute atomic E-state index is 11.9. The van der Waals surface area contributed by atoms with Crippen LogP contribution in [0.4, 0.5) is 4.79 Å². The molecule has 0 aliphatic carbocycles. The third kappa shape index (κ3) is 4.51. The van der Waals surface area contributed by atoms with Crippen LogP contribution >= 0.6 is 0 Å². The van der Waals surface area contributed by atoms with Gasteiger partial charge in [0, 0.05) is 0 Å². The van der Waals surface area contributed by atoms with Crippen LogP contribution < -0.4 is 5.32 Å². The molecule has 1 heterocycles. The Balaban J connectivity index is 2.41. The van der Waals surface area contributed by atoms with Crippen molar-refractivity contribution in [3.8, 4) is 0 Å². The molecular weight excluding hydrogens is 260 g/mol. The zero-order valence-electron chi connectivity index (χ0n) is 12.5. The maximum atomic E-state index is 11.9. The standard InChI is InChI=1S/C14H24N2O4/c1-4-6-7-11(5-2)9-20-13(18)10(3)16-8-12(17)15-14(16)19/h10-11H,4-9H2,1-3H3,(H,15,17,19). The van der Waals surface area contributed by atoms with Crippen molar-refractivity contribution >= 4 is 17.9 Å². The third-order valence-electron chi connectivity index (χ3n) is 3.63. The lowest BCUT2D eigenvalue weighted by Crippen LogP contribution is -2.42. The van der Waals surface area contributed by atoms with Gasteiger partial charge in [0.25, 0.3) is 0 Å². The van der Waals surface area contributed by atoms with Crippen LogP contribution in [0.25, 0.3) is 0 Å². The molecule has 1 rings (SSSR count). The highest BCUT2D eigenvalue weighted by atomic mass is 16.5. The van der Waals surface area contributed by atoms with Gasteiger partial charge in [0.15, 0.2) is 0 Å². The molecular formula is C14H24N2O4. The number of carbonyl (C=O) groups is 3. The summed E-state index contributed by atoms with van der Waals surface area (Å²) in [6, 6.07) is -1.26. The zero-order valence-corrected chi connectivity index (χ0v) is 12.5. The van der Waals surface area contributed by atoms with Gasteiger partial charge in [0.1, 0.15) is 12.6 Å². The van der Waals surface area contributed by atoms with Crippen LogP contribution in [0.15, 0.2) is 0 Å². The summed E-state index contributed by atoms with van der Waals surface area (Å²) in [6.07, 6.45) is 4.24. The van der Waals surface area contributed by atoms with Gasteiger partial charge in [-0.1, -0.05) is 33.1 Å². The van der Waals surface area contributed by atoms with Crippen molar-refractivity contribution in [2.45, 2.75) is 52.5 Å². The second kappa shape index (κ2) is 7.87. The first-order valence-electron chi connectivity index (χ1n) is 7.26. The summed E-state index contributed by atoms with van der Waals surface area (Å²) < 4.78 is 5.28. The van der Waals surface area contributed by atoms with Crippen LogP contribution in [0.3, 0.4) is 0 Å². The Morgan fingerprint density at radius 3 is 2.60 bits per heavy atom. The van der Waals surface area contributed by atoms with Crippen LogP contribution in [-0.2, 0) is 14.3 Å². The smallest absolute Gasteiger partial charge is 0.328 e. The number of rotatable bonds is 8. The second-order valence-electron chi connectivity index (χ2n) is 5.20. The summed E-state index contributed by atoms with van der Waals surface area (Å²) in [7, 11) is 0. The Hall–Kier alpha value is -1.59. The fourth-order valence-corrected chi connectivity index (χ4v) is 2.12. The van der Waals surface area contributed by atoms with Crippen molar-refractivity contribution in [3.05, 3.63) is 0 Å². The Kier molecular flexibility index (Phi) is 6.48. The molecule has 1 fully saturated rings. The molecule has 20 heavy (non-hydrogen) atoms. The van der Waals surface area contributed by atoms with E-state index in [1.165, 1.54) is 4.90 Å². The topological polar surface area (TPSA) is 75.7 Å². The minimum Gasteiger partial charge on any atom is -0.464 e. The lowest BCUT2D eigenvalue weighted by Gasteiger charge is -2.22. The minimum atomic E-state index is -0.731. The van der Waals surface area contributed by atoms with Gasteiger partial charge >= 0.3 is 12.0 Å². The van der Waals surface area contributed by atoms with Crippen LogP contribution in [0, 0.1) is 5.92 Å². The maximum Gasteiger partial charge on any atom is 0.328 e. The van der Waals surface area contributed by atoms with E-state index >= 15 is 0 Å². The van der Waals surface area contributed by atoms with E-state index in [0.717, 1.165) is 25.7 Å². The molecule has 1 saturated heterocycles. The average molecular weight is 284 g/mol. The normalized spacial score (nSPS) is 17.9. The molecule has 1 N–H and O–H groups in total. The summed E-state index contributed by atoms with van der Waals surface area (Å²) in [6.45, 7) is 6.08. The van der Waals surface area contributed by atoms with Gasteiger partial charge in [-0.15, -0.1) is 0 Å². The van der Waals surface area contributed by atoms with Gasteiger partial charge in [-0.2, -0.15) is 0 Å². The molecule has 1 aliphatic rings. The first kappa shape index (κ1) is 16.5. The summed E-state index contributed by atoms with van der Waals surface area (Å²) in [4.78, 5) is 35.7. The first-order chi connectivity index (χ1) is 9.49. The molecule has 2 atom stereocenters. The predicted octanol–water partition coefficient (Wildman–Crippen LogP) is 1.69. The number of hydrogen-bond donors (Lipinski definition) is 1. The van der Waals surface area contributed by atoms with Crippen molar-refractivity contribution in [1.29, 1.82) is 0 Å². The van der Waals surface area contributed by atoms with E-state index in [1.807, 2.05) is 0 Å². The molecule has 0 aromatic rings. The Labute approximate surface area is 119 Å². The monoisotopic (exact) mass is 284 g/mol. The average Bonchev–Trinajstić information content (AvgIpc) is 2.76. The van der Waals surface area contributed by atoms with Gasteiger partial charge in [-0.3, -0.25) is 10.1 Å². The van der Waals surface area contributed by atoms with E-state index in [9.17, 15) is 14.4 Å². The Morgan fingerprint density at radius 2 is 2.10 bits per heavy atom. The molecule has 2 unspecified atom stereocenters. The van der Waals surface area contributed by atoms with Crippen LogP contribution in [0.5, 0.6) is 0 Å². The molecule has 0 radical (unpaired) electrons. The SMILES string of the molecule is CCCCC(CC)COC(=O)C(C)N1CC(=O)NC1=O. The van der Waals surface area contributed by atoms with E-state index in [1.54, 1.807) is 6.92 Å². The Morgan fingerprint density at radius 1 is 1.40 bits per heavy atom. The lowest BCUT2D eigenvalue weighted by atomic mass is 10.0. The predicted molar refractivity (Wildman–Crippen MR) is 74.0 cm³/mol. The van der Waals surface area contributed by atoms with Crippen LogP contribution in [0.1, 0.15) is 46.5 Å². The van der Waals surface area contributed by atoms with Gasteiger partial charge in [0.2, 0.25) is 5.91 Å². The van der Waals surface area contributed by atoms with Crippen molar-refractivity contribution in [3.63, 3.8) is 0 Å². The molecule has 0 bridgehead atoms. The van der Waals surface area contributed by atoms with Crippen LogP contribution in [0.2, 0.25) is 0 Å². The van der Waals surface area contributed by atoms with Gasteiger partial charge in [0.05, 0.1) is 6.61 Å². The molecule has 1 aliphatic heterocycles. The first-order valence-corrected chi connectivity index (χ1v) is 7.26. The number of nitrogens with one attached hydrogen (secondary N) is 1. The number of urea groups is 1. The van der Waals surface area contributed by atoms with Crippen molar-refractivity contribution in [2.24, 2.45) is 5.92 Å². The molecule has 0 aromatic carbocycles. The number of carbonyl (C=O) groups excluding carboxylic acids is 3. The number of esters is 1. The minimum absolute atomic E-state index is 0.0812. The molecule has 0 saturated carbocycles. The third-order valence-corrected chi connectivity index (χ3v) is 3.63. The van der Waals surface area contributed by atoms with E-state index in [2.05, 4.69) is 19.2 Å². The van der Waals surface area contributed by atoms with E-state index < -0.39 is 18.0 Å². The van der Waals surface area contributed by atoms with Crippen LogP contribution in [-0.4, -0.2) is 42.0 Å². The summed E-state index contributed by atoms with van der Waals surface area (Å²) in [5.74, 6) is -0.478. The number of hydrogen-bond acceptors (Lipinski definition) is 4. The highest BCUT2D eigenvalue weighted by molar-refractivity contribution is 6.03. The Bertz CT molecular complexity index is 370. The molecule has 3 amide bonds. The second-order valence-corrected chi connectivity index (χ2v) is 5.20. The number of imide groups is 1. The molecule has 6 nitrogen and oxygen atoms in total. The molecule has 114 valence electrons. The summed E-state index contributed by atoms with van der Waals surface area (Å²) in [5, 5.41) is 2.15. The molecule has 0 aromatic heterocycles. The van der Waals surface area contributed by atoms with E-state index in [-0.39, 0.29) is 12.5 Å². The lowest BCUT2D eigenvalue weighted by molar-refractivity contribution is -0.149. The summed E-state index contributed by atoms with van der Waals surface area (Å²) >= 11 is 0. The van der Waals surface area contributed by atoms with Crippen molar-refractivity contribution in [1.82, 2.24) is 10.2 Å². The highest BCUT2D eigenvalue weighted by Gasteiger charge is 2.34. The van der Waals surface area contributed by atoms with Crippen molar-refractivity contribution < 1.29 is 19.1 Å². The zero-order chi connectivity index (χ0) is 15.1. The fourth-order valence-electron chi connectivity index (χ4n) is 2.12. The quantitative estimate of drug-likeness (QED) is 0.543. The highest BCUT2D eigenvalue weighted by Crippen LogP contribution is 2.14. The number of nitrogens with zero attached hydrogens (tertiary/aromatic N) is 1. The van der Waals surface area contributed by atoms with Gasteiger partial charge < -0.3 is 9.64 Å².